The van der Waals surface area contributed by atoms with E-state index in [4.69, 9.17) is 0 Å². The van der Waals surface area contributed by atoms with E-state index in [9.17, 15) is 0 Å². The fourth-order valence-corrected chi connectivity index (χ4v) is 2.03. The highest BCUT2D eigenvalue weighted by molar-refractivity contribution is 5.66. The zero-order valence-electron chi connectivity index (χ0n) is 9.00. The van der Waals surface area contributed by atoms with Gasteiger partial charge in [0.2, 0.25) is 0 Å². The Bertz CT molecular complexity index is 511. The van der Waals surface area contributed by atoms with Gasteiger partial charge in [-0.2, -0.15) is 0 Å². The molecule has 1 aromatic heterocycles. The van der Waals surface area contributed by atoms with Gasteiger partial charge in [-0.15, -0.1) is 10.2 Å². The Morgan fingerprint density at radius 1 is 1.06 bits per heavy atom. The molecule has 0 amide bonds. The summed E-state index contributed by atoms with van der Waals surface area (Å²) in [6.07, 6.45) is 6.37. The summed E-state index contributed by atoms with van der Waals surface area (Å²) in [5.74, 6) is 2.09. The van der Waals surface area contributed by atoms with Crippen molar-refractivity contribution >= 4 is 12.2 Å². The Hall–Kier alpha value is -1.90. The number of hydrogen-bond acceptors (Lipinski definition) is 2. The number of aromatic nitrogens is 3. The average molecular weight is 211 g/mol. The Balaban J connectivity index is 1.87. The molecule has 3 nitrogen and oxygen atoms in total. The van der Waals surface area contributed by atoms with E-state index in [2.05, 4.69) is 33.0 Å². The number of nitrogens with zero attached hydrogens (tertiary/aromatic N) is 3. The maximum Gasteiger partial charge on any atom is 0.156 e. The monoisotopic (exact) mass is 211 g/mol. The highest BCUT2D eigenvalue weighted by Gasteiger charge is 2.14. The van der Waals surface area contributed by atoms with Crippen LogP contribution in [-0.2, 0) is 13.0 Å². The molecule has 16 heavy (non-hydrogen) atoms. The van der Waals surface area contributed by atoms with Crippen LogP contribution in [-0.4, -0.2) is 14.8 Å². The molecular formula is C13H13N3. The van der Waals surface area contributed by atoms with Gasteiger partial charge in [0.15, 0.2) is 5.82 Å². The van der Waals surface area contributed by atoms with Crippen molar-refractivity contribution in [2.75, 3.05) is 0 Å². The molecule has 0 spiro atoms. The van der Waals surface area contributed by atoms with E-state index in [1.54, 1.807) is 0 Å². The molecule has 0 bridgehead atoms. The summed E-state index contributed by atoms with van der Waals surface area (Å²) in [4.78, 5) is 0. The van der Waals surface area contributed by atoms with Crippen LogP contribution in [0.2, 0.25) is 0 Å². The molecule has 3 heteroatoms. The lowest BCUT2D eigenvalue weighted by molar-refractivity contribution is 0.734. The van der Waals surface area contributed by atoms with Gasteiger partial charge in [0.1, 0.15) is 5.82 Å². The van der Waals surface area contributed by atoms with E-state index in [1.165, 1.54) is 12.0 Å². The maximum absolute atomic E-state index is 4.18. The first-order valence-corrected chi connectivity index (χ1v) is 5.59. The van der Waals surface area contributed by atoms with Crippen LogP contribution in [0.15, 0.2) is 30.3 Å². The minimum atomic E-state index is 0.969. The molecule has 1 aliphatic heterocycles. The molecule has 2 heterocycles. The Kier molecular flexibility index (Phi) is 2.29. The van der Waals surface area contributed by atoms with Crippen molar-refractivity contribution in [3.8, 4) is 0 Å². The molecule has 0 atom stereocenters. The summed E-state index contributed by atoms with van der Waals surface area (Å²) in [6, 6.07) is 10.3. The van der Waals surface area contributed by atoms with E-state index >= 15 is 0 Å². The summed E-state index contributed by atoms with van der Waals surface area (Å²) >= 11 is 0. The highest BCUT2D eigenvalue weighted by Crippen LogP contribution is 2.15. The lowest BCUT2D eigenvalue weighted by atomic mass is 10.2. The zero-order valence-corrected chi connectivity index (χ0v) is 9.00. The predicted molar refractivity (Wildman–Crippen MR) is 63.7 cm³/mol. The van der Waals surface area contributed by atoms with E-state index < -0.39 is 0 Å². The average Bonchev–Trinajstić information content (AvgIpc) is 2.90. The van der Waals surface area contributed by atoms with E-state index in [0.29, 0.717) is 0 Å². The smallest absolute Gasteiger partial charge is 0.156 e. The first kappa shape index (κ1) is 9.33. The van der Waals surface area contributed by atoms with Crippen LogP contribution >= 0.6 is 0 Å². The van der Waals surface area contributed by atoms with Crippen LogP contribution in [0, 0.1) is 0 Å². The van der Waals surface area contributed by atoms with Gasteiger partial charge in [0.05, 0.1) is 0 Å². The van der Waals surface area contributed by atoms with Gasteiger partial charge in [-0.05, 0) is 18.1 Å². The fraction of sp³-hybridized carbons (Fsp3) is 0.231. The Morgan fingerprint density at radius 3 is 2.81 bits per heavy atom. The highest BCUT2D eigenvalue weighted by atomic mass is 15.3. The van der Waals surface area contributed by atoms with Crippen LogP contribution in [0.3, 0.4) is 0 Å². The van der Waals surface area contributed by atoms with Crippen LogP contribution in [0.4, 0.5) is 0 Å². The van der Waals surface area contributed by atoms with Crippen molar-refractivity contribution in [1.29, 1.82) is 0 Å². The Morgan fingerprint density at radius 2 is 1.94 bits per heavy atom. The van der Waals surface area contributed by atoms with Gasteiger partial charge in [-0.3, -0.25) is 0 Å². The molecule has 3 rings (SSSR count). The van der Waals surface area contributed by atoms with Crippen LogP contribution in [0.5, 0.6) is 0 Å². The molecule has 0 radical (unpaired) electrons. The third-order valence-electron chi connectivity index (χ3n) is 2.86. The van der Waals surface area contributed by atoms with Gasteiger partial charge in [0.25, 0.3) is 0 Å². The van der Waals surface area contributed by atoms with Crippen molar-refractivity contribution in [2.24, 2.45) is 0 Å². The minimum Gasteiger partial charge on any atom is -0.311 e. The van der Waals surface area contributed by atoms with Crippen molar-refractivity contribution < 1.29 is 0 Å². The van der Waals surface area contributed by atoms with Gasteiger partial charge < -0.3 is 4.57 Å². The molecule has 0 aliphatic carbocycles. The first-order chi connectivity index (χ1) is 7.93. The molecule has 0 fully saturated rings. The second kappa shape index (κ2) is 3.93. The molecule has 0 saturated heterocycles. The lowest BCUT2D eigenvalue weighted by Crippen LogP contribution is -1.95. The van der Waals surface area contributed by atoms with Crippen molar-refractivity contribution in [3.05, 3.63) is 47.5 Å². The third-order valence-corrected chi connectivity index (χ3v) is 2.86. The minimum absolute atomic E-state index is 0.969. The summed E-state index contributed by atoms with van der Waals surface area (Å²) in [5.41, 5.74) is 1.19. The SMILES string of the molecule is C(=C\c1nnc2n1CCC2)/c1ccccc1. The second-order valence-corrected chi connectivity index (χ2v) is 3.97. The predicted octanol–water partition coefficient (Wildman–Crippen LogP) is 2.39. The van der Waals surface area contributed by atoms with Gasteiger partial charge in [-0.25, -0.2) is 0 Å². The molecule has 0 unspecified atom stereocenters. The summed E-state index contributed by atoms with van der Waals surface area (Å²) < 4.78 is 2.19. The lowest BCUT2D eigenvalue weighted by Gasteiger charge is -1.96. The molecule has 80 valence electrons. The molecule has 0 saturated carbocycles. The first-order valence-electron chi connectivity index (χ1n) is 5.59. The van der Waals surface area contributed by atoms with E-state index in [-0.39, 0.29) is 0 Å². The number of hydrogen-bond donors (Lipinski definition) is 0. The second-order valence-electron chi connectivity index (χ2n) is 3.97. The van der Waals surface area contributed by atoms with Crippen molar-refractivity contribution in [1.82, 2.24) is 14.8 Å². The normalized spacial score (nSPS) is 14.5. The topological polar surface area (TPSA) is 30.7 Å². The maximum atomic E-state index is 4.18. The van der Waals surface area contributed by atoms with Gasteiger partial charge in [0, 0.05) is 13.0 Å². The number of fused-ring (bicyclic) bond motifs is 1. The standard InChI is InChI=1S/C13H13N3/c1-2-5-11(6-3-1)8-9-13-15-14-12-7-4-10-16(12)13/h1-3,5-6,8-9H,4,7,10H2/b9-8+. The molecular weight excluding hydrogens is 198 g/mol. The largest absolute Gasteiger partial charge is 0.311 e. The number of benzene rings is 1. The Labute approximate surface area is 94.4 Å². The van der Waals surface area contributed by atoms with Crippen molar-refractivity contribution in [3.63, 3.8) is 0 Å². The van der Waals surface area contributed by atoms with Crippen molar-refractivity contribution in [2.45, 2.75) is 19.4 Å². The van der Waals surface area contributed by atoms with Crippen LogP contribution < -0.4 is 0 Å². The fourth-order valence-electron chi connectivity index (χ4n) is 2.03. The molecule has 0 N–H and O–H groups in total. The number of aryl methyl sites for hydroxylation is 1. The van der Waals surface area contributed by atoms with E-state index in [1.807, 2.05) is 24.3 Å². The molecule has 2 aromatic rings. The van der Waals surface area contributed by atoms with Gasteiger partial charge >= 0.3 is 0 Å². The summed E-state index contributed by atoms with van der Waals surface area (Å²) in [5, 5.41) is 8.35. The third kappa shape index (κ3) is 1.65. The number of rotatable bonds is 2. The molecule has 1 aliphatic rings. The summed E-state index contributed by atoms with van der Waals surface area (Å²) in [7, 11) is 0. The summed E-state index contributed by atoms with van der Waals surface area (Å²) in [6.45, 7) is 1.05. The van der Waals surface area contributed by atoms with E-state index in [0.717, 1.165) is 24.6 Å². The quantitative estimate of drug-likeness (QED) is 0.763. The van der Waals surface area contributed by atoms with Crippen LogP contribution in [0.1, 0.15) is 23.6 Å². The molecule has 1 aromatic carbocycles. The zero-order chi connectivity index (χ0) is 10.8. The van der Waals surface area contributed by atoms with Crippen LogP contribution in [0.25, 0.3) is 12.2 Å². The van der Waals surface area contributed by atoms with Gasteiger partial charge in [-0.1, -0.05) is 36.4 Å².